The van der Waals surface area contributed by atoms with Crippen molar-refractivity contribution < 1.29 is 0 Å². The number of rotatable bonds is 3. The van der Waals surface area contributed by atoms with Crippen LogP contribution < -0.4 is 4.90 Å². The van der Waals surface area contributed by atoms with Crippen LogP contribution in [0.2, 0.25) is 0 Å². The van der Waals surface area contributed by atoms with Gasteiger partial charge in [-0.3, -0.25) is 0 Å². The molecule has 11 aromatic rings. The van der Waals surface area contributed by atoms with Crippen molar-refractivity contribution in [1.29, 1.82) is 0 Å². The zero-order chi connectivity index (χ0) is 32.1. The molecule has 0 saturated heterocycles. The minimum Gasteiger partial charge on any atom is -0.310 e. The Morgan fingerprint density at radius 3 is 1.45 bits per heavy atom. The fourth-order valence-corrected chi connectivity index (χ4v) is 10.2. The number of hydrogen-bond donors (Lipinski definition) is 0. The number of thiophene rings is 2. The van der Waals surface area contributed by atoms with E-state index in [9.17, 15) is 0 Å². The number of fused-ring (bicyclic) bond motifs is 13. The fraction of sp³-hybridized carbons (Fsp3) is 0. The van der Waals surface area contributed by atoms with E-state index in [0.717, 1.165) is 11.4 Å². The summed E-state index contributed by atoms with van der Waals surface area (Å²) < 4.78 is 5.26. The lowest BCUT2D eigenvalue weighted by Gasteiger charge is -2.28. The van der Waals surface area contributed by atoms with E-state index < -0.39 is 0 Å². The Hall–Kier alpha value is -5.74. The number of hydrogen-bond acceptors (Lipinski definition) is 3. The van der Waals surface area contributed by atoms with E-state index in [0.29, 0.717) is 0 Å². The van der Waals surface area contributed by atoms with Gasteiger partial charge in [-0.25, -0.2) is 0 Å². The summed E-state index contributed by atoms with van der Waals surface area (Å²) in [6.07, 6.45) is 0. The van der Waals surface area contributed by atoms with Gasteiger partial charge in [0.15, 0.2) is 0 Å². The topological polar surface area (TPSA) is 3.24 Å². The molecule has 0 atom stereocenters. The van der Waals surface area contributed by atoms with Gasteiger partial charge in [0.1, 0.15) is 0 Å². The molecule has 11 rings (SSSR count). The standard InChI is InChI=1S/C46H27NS2/c1-3-11-33-28(9-1)17-18-29-19-22-37-40(25-30-10-2-4-12-34(30)46(37)45(29)33)47(31-20-23-43-38(26-31)35-13-5-7-15-41(35)48-43)32-21-24-44-39(27-32)36-14-6-8-16-42(36)49-44/h1-27H. The molecule has 0 saturated carbocycles. The van der Waals surface area contributed by atoms with E-state index in [4.69, 9.17) is 0 Å². The molecule has 49 heavy (non-hydrogen) atoms. The van der Waals surface area contributed by atoms with Crippen LogP contribution in [0.5, 0.6) is 0 Å². The van der Waals surface area contributed by atoms with Gasteiger partial charge in [-0.2, -0.15) is 0 Å². The highest BCUT2D eigenvalue weighted by Gasteiger charge is 2.21. The summed E-state index contributed by atoms with van der Waals surface area (Å²) in [6.45, 7) is 0. The maximum atomic E-state index is 2.50. The third-order valence-corrected chi connectivity index (χ3v) is 12.5. The summed E-state index contributed by atoms with van der Waals surface area (Å²) >= 11 is 3.74. The van der Waals surface area contributed by atoms with Crippen molar-refractivity contribution >= 4 is 123 Å². The predicted octanol–water partition coefficient (Wildman–Crippen LogP) is 14.5. The first-order valence-corrected chi connectivity index (χ1v) is 18.3. The lowest BCUT2D eigenvalue weighted by molar-refractivity contribution is 1.32. The minimum absolute atomic E-state index is 1.16. The minimum atomic E-state index is 1.16. The van der Waals surface area contributed by atoms with E-state index in [1.165, 1.54) is 89.1 Å². The molecule has 0 aliphatic heterocycles. The Morgan fingerprint density at radius 1 is 0.306 bits per heavy atom. The first-order chi connectivity index (χ1) is 24.3. The molecule has 2 heterocycles. The molecule has 0 bridgehead atoms. The van der Waals surface area contributed by atoms with Crippen molar-refractivity contribution in [1.82, 2.24) is 0 Å². The van der Waals surface area contributed by atoms with Gasteiger partial charge in [0.2, 0.25) is 0 Å². The van der Waals surface area contributed by atoms with Gasteiger partial charge in [-0.1, -0.05) is 109 Å². The SMILES string of the molecule is c1ccc2c(c1)ccc1ccc3c(N(c4ccc5sc6ccccc6c5c4)c4ccc5sc6ccccc6c5c4)cc4ccccc4c3c12. The van der Waals surface area contributed by atoms with Crippen LogP contribution in [0.15, 0.2) is 164 Å². The molecule has 9 aromatic carbocycles. The van der Waals surface area contributed by atoms with Crippen molar-refractivity contribution in [3.8, 4) is 0 Å². The summed E-state index contributed by atoms with van der Waals surface area (Å²) in [4.78, 5) is 2.50. The van der Waals surface area contributed by atoms with Crippen LogP contribution in [0.25, 0.3) is 83.4 Å². The highest BCUT2D eigenvalue weighted by atomic mass is 32.1. The summed E-state index contributed by atoms with van der Waals surface area (Å²) in [7, 11) is 0. The average Bonchev–Trinajstić information content (AvgIpc) is 3.72. The molecule has 0 fully saturated rings. The van der Waals surface area contributed by atoms with Crippen LogP contribution in [0, 0.1) is 0 Å². The monoisotopic (exact) mass is 657 g/mol. The molecule has 3 heteroatoms. The Labute approximate surface area is 290 Å². The Morgan fingerprint density at radius 2 is 0.796 bits per heavy atom. The quantitative estimate of drug-likeness (QED) is 0.171. The van der Waals surface area contributed by atoms with E-state index in [1.54, 1.807) is 0 Å². The molecule has 0 radical (unpaired) electrons. The molecular weight excluding hydrogens is 631 g/mol. The molecule has 0 aliphatic carbocycles. The highest BCUT2D eigenvalue weighted by molar-refractivity contribution is 7.26. The first kappa shape index (κ1) is 27.2. The third kappa shape index (κ3) is 4.04. The maximum absolute atomic E-state index is 2.50. The van der Waals surface area contributed by atoms with Gasteiger partial charge in [0, 0.05) is 62.5 Å². The van der Waals surface area contributed by atoms with Crippen LogP contribution in [0.1, 0.15) is 0 Å². The van der Waals surface area contributed by atoms with Crippen LogP contribution in [-0.4, -0.2) is 0 Å². The van der Waals surface area contributed by atoms with Gasteiger partial charge < -0.3 is 4.90 Å². The van der Waals surface area contributed by atoms with Crippen molar-refractivity contribution in [2.24, 2.45) is 0 Å². The molecule has 0 amide bonds. The van der Waals surface area contributed by atoms with Gasteiger partial charge in [-0.15, -0.1) is 22.7 Å². The van der Waals surface area contributed by atoms with Crippen molar-refractivity contribution in [3.63, 3.8) is 0 Å². The summed E-state index contributed by atoms with van der Waals surface area (Å²) in [5.41, 5.74) is 3.50. The zero-order valence-corrected chi connectivity index (χ0v) is 28.0. The van der Waals surface area contributed by atoms with Crippen molar-refractivity contribution in [2.45, 2.75) is 0 Å². The molecule has 1 nitrogen and oxygen atoms in total. The molecule has 228 valence electrons. The number of nitrogens with zero attached hydrogens (tertiary/aromatic N) is 1. The second-order valence-corrected chi connectivity index (χ2v) is 15.1. The van der Waals surface area contributed by atoms with Gasteiger partial charge in [0.25, 0.3) is 0 Å². The molecule has 0 N–H and O–H groups in total. The predicted molar refractivity (Wildman–Crippen MR) is 217 cm³/mol. The first-order valence-electron chi connectivity index (χ1n) is 16.7. The lowest BCUT2D eigenvalue weighted by atomic mass is 9.91. The average molecular weight is 658 g/mol. The summed E-state index contributed by atoms with van der Waals surface area (Å²) in [5.74, 6) is 0. The smallest absolute Gasteiger partial charge is 0.0546 e. The third-order valence-electron chi connectivity index (χ3n) is 10.2. The Bertz CT molecular complexity index is 3010. The van der Waals surface area contributed by atoms with Crippen LogP contribution in [0.3, 0.4) is 0 Å². The molecule has 2 aromatic heterocycles. The fourth-order valence-electron chi connectivity index (χ4n) is 7.98. The molecule has 0 unspecified atom stereocenters. The van der Waals surface area contributed by atoms with Crippen LogP contribution >= 0.6 is 22.7 Å². The zero-order valence-electron chi connectivity index (χ0n) is 26.4. The number of benzene rings is 9. The second kappa shape index (κ2) is 10.4. The van der Waals surface area contributed by atoms with Crippen LogP contribution in [0.4, 0.5) is 17.1 Å². The Balaban J connectivity index is 1.29. The van der Waals surface area contributed by atoms with E-state index in [1.807, 2.05) is 22.7 Å². The molecule has 0 aliphatic rings. The van der Waals surface area contributed by atoms with E-state index >= 15 is 0 Å². The molecule has 0 spiro atoms. The van der Waals surface area contributed by atoms with E-state index in [2.05, 4.69) is 169 Å². The van der Waals surface area contributed by atoms with Gasteiger partial charge >= 0.3 is 0 Å². The van der Waals surface area contributed by atoms with Crippen LogP contribution in [-0.2, 0) is 0 Å². The van der Waals surface area contributed by atoms with Gasteiger partial charge in [0.05, 0.1) is 5.69 Å². The number of anilines is 3. The normalized spacial score (nSPS) is 12.1. The van der Waals surface area contributed by atoms with E-state index in [-0.39, 0.29) is 0 Å². The van der Waals surface area contributed by atoms with Crippen molar-refractivity contribution in [3.05, 3.63) is 164 Å². The highest BCUT2D eigenvalue weighted by Crippen LogP contribution is 2.48. The second-order valence-electron chi connectivity index (χ2n) is 12.9. The summed E-state index contributed by atoms with van der Waals surface area (Å²) in [6, 6.07) is 60.9. The Kier molecular flexibility index (Phi) is 5.77. The van der Waals surface area contributed by atoms with Crippen molar-refractivity contribution in [2.75, 3.05) is 4.90 Å². The van der Waals surface area contributed by atoms with Gasteiger partial charge in [-0.05, 0) is 86.9 Å². The molecular formula is C46H27NS2. The lowest BCUT2D eigenvalue weighted by Crippen LogP contribution is -2.10. The largest absolute Gasteiger partial charge is 0.310 e. The summed E-state index contributed by atoms with van der Waals surface area (Å²) in [5, 5.41) is 15.4. The maximum Gasteiger partial charge on any atom is 0.0546 e.